The van der Waals surface area contributed by atoms with Crippen LogP contribution < -0.4 is 5.32 Å². The number of rotatable bonds is 4. The highest BCUT2D eigenvalue weighted by Gasteiger charge is 2.33. The lowest BCUT2D eigenvalue weighted by atomic mass is 9.89. The summed E-state index contributed by atoms with van der Waals surface area (Å²) >= 11 is 6.16. The number of aromatic nitrogens is 2. The highest BCUT2D eigenvalue weighted by atomic mass is 35.5. The summed E-state index contributed by atoms with van der Waals surface area (Å²) < 4.78 is 1.78. The molecule has 2 heterocycles. The van der Waals surface area contributed by atoms with Gasteiger partial charge in [-0.05, 0) is 39.7 Å². The molecule has 1 aromatic heterocycles. The van der Waals surface area contributed by atoms with E-state index in [-0.39, 0.29) is 0 Å². The fraction of sp³-hybridized carbons (Fsp3) is 0.769. The van der Waals surface area contributed by atoms with Crippen LogP contribution in [0.3, 0.4) is 0 Å². The number of nitrogens with one attached hydrogen (secondary N) is 1. The van der Waals surface area contributed by atoms with Crippen LogP contribution >= 0.6 is 11.6 Å². The van der Waals surface area contributed by atoms with Crippen LogP contribution in [0.4, 0.5) is 0 Å². The molecular formula is C13H22ClN3O. The monoisotopic (exact) mass is 271 g/mol. The van der Waals surface area contributed by atoms with E-state index >= 15 is 0 Å². The maximum Gasteiger partial charge on any atom is 0.106 e. The maximum atomic E-state index is 10.7. The second-order valence-corrected chi connectivity index (χ2v) is 5.69. The zero-order valence-corrected chi connectivity index (χ0v) is 11.9. The van der Waals surface area contributed by atoms with Crippen LogP contribution in [-0.2, 0) is 12.1 Å². The number of aryl methyl sites for hydroxylation is 1. The Hall–Kier alpha value is -0.580. The Labute approximate surface area is 113 Å². The Balaban J connectivity index is 2.15. The third-order valence-electron chi connectivity index (χ3n) is 3.66. The van der Waals surface area contributed by atoms with Gasteiger partial charge in [-0.2, -0.15) is 5.10 Å². The van der Waals surface area contributed by atoms with Crippen LogP contribution in [0.2, 0.25) is 5.02 Å². The molecule has 18 heavy (non-hydrogen) atoms. The van der Waals surface area contributed by atoms with Gasteiger partial charge in [0.2, 0.25) is 0 Å². The zero-order valence-electron chi connectivity index (χ0n) is 11.1. The molecular weight excluding hydrogens is 250 g/mol. The predicted octanol–water partition coefficient (Wildman–Crippen LogP) is 2.30. The van der Waals surface area contributed by atoms with E-state index in [9.17, 15) is 5.11 Å². The third kappa shape index (κ3) is 2.87. The summed E-state index contributed by atoms with van der Waals surface area (Å²) in [7, 11) is 0. The van der Waals surface area contributed by atoms with E-state index in [0.717, 1.165) is 25.2 Å². The first kappa shape index (κ1) is 13.8. The van der Waals surface area contributed by atoms with E-state index in [1.807, 2.05) is 13.8 Å². The maximum absolute atomic E-state index is 10.7. The van der Waals surface area contributed by atoms with Gasteiger partial charge in [0, 0.05) is 12.6 Å². The average molecular weight is 272 g/mol. The summed E-state index contributed by atoms with van der Waals surface area (Å²) in [6, 6.07) is 0.366. The van der Waals surface area contributed by atoms with Crippen molar-refractivity contribution in [1.29, 1.82) is 0 Å². The van der Waals surface area contributed by atoms with Crippen molar-refractivity contribution in [1.82, 2.24) is 15.1 Å². The van der Waals surface area contributed by atoms with Gasteiger partial charge in [-0.1, -0.05) is 18.0 Å². The molecule has 0 amide bonds. The lowest BCUT2D eigenvalue weighted by molar-refractivity contribution is 0.0247. The summed E-state index contributed by atoms with van der Waals surface area (Å²) in [6.45, 7) is 5.60. The number of hydrogen-bond acceptors (Lipinski definition) is 3. The molecule has 0 saturated carbocycles. The second kappa shape index (κ2) is 5.59. The van der Waals surface area contributed by atoms with Crippen LogP contribution in [0, 0.1) is 0 Å². The minimum Gasteiger partial charge on any atom is -0.384 e. The van der Waals surface area contributed by atoms with Crippen LogP contribution in [0.1, 0.15) is 45.2 Å². The molecule has 0 bridgehead atoms. The van der Waals surface area contributed by atoms with Crippen molar-refractivity contribution in [2.45, 2.75) is 57.7 Å². The van der Waals surface area contributed by atoms with Crippen molar-refractivity contribution in [3.05, 3.63) is 16.9 Å². The molecule has 1 aromatic rings. The van der Waals surface area contributed by atoms with Gasteiger partial charge >= 0.3 is 0 Å². The van der Waals surface area contributed by atoms with Crippen molar-refractivity contribution in [2.75, 3.05) is 6.54 Å². The molecule has 0 spiro atoms. The van der Waals surface area contributed by atoms with Crippen LogP contribution in [0.25, 0.3) is 0 Å². The number of piperidine rings is 1. The molecule has 4 nitrogen and oxygen atoms in total. The Morgan fingerprint density at radius 1 is 1.61 bits per heavy atom. The van der Waals surface area contributed by atoms with E-state index in [1.165, 1.54) is 12.8 Å². The summed E-state index contributed by atoms with van der Waals surface area (Å²) in [5.41, 5.74) is -0.197. The first-order valence-electron chi connectivity index (χ1n) is 6.72. The molecule has 1 aliphatic rings. The number of nitrogens with zero attached hydrogens (tertiary/aromatic N) is 2. The number of hydrogen-bond donors (Lipinski definition) is 2. The lowest BCUT2D eigenvalue weighted by Gasteiger charge is -2.32. The van der Waals surface area contributed by atoms with Crippen molar-refractivity contribution >= 4 is 11.6 Å². The Morgan fingerprint density at radius 2 is 2.39 bits per heavy atom. The molecule has 2 N–H and O–H groups in total. The molecule has 1 aliphatic heterocycles. The summed E-state index contributed by atoms with van der Waals surface area (Å²) in [5, 5.41) is 18.9. The topological polar surface area (TPSA) is 50.1 Å². The molecule has 0 aromatic carbocycles. The molecule has 102 valence electrons. The van der Waals surface area contributed by atoms with Gasteiger partial charge in [0.05, 0.1) is 16.9 Å². The van der Waals surface area contributed by atoms with Gasteiger partial charge in [-0.3, -0.25) is 4.68 Å². The number of aliphatic hydroxyl groups is 1. The molecule has 1 saturated heterocycles. The van der Waals surface area contributed by atoms with Crippen molar-refractivity contribution in [3.8, 4) is 0 Å². The zero-order chi connectivity index (χ0) is 13.2. The first-order chi connectivity index (χ1) is 8.54. The Bertz CT molecular complexity index is 397. The van der Waals surface area contributed by atoms with E-state index in [1.54, 1.807) is 10.9 Å². The predicted molar refractivity (Wildman–Crippen MR) is 72.7 cm³/mol. The summed E-state index contributed by atoms with van der Waals surface area (Å²) in [5.74, 6) is 0. The van der Waals surface area contributed by atoms with Gasteiger partial charge in [0.15, 0.2) is 0 Å². The quantitative estimate of drug-likeness (QED) is 0.883. The lowest BCUT2D eigenvalue weighted by Crippen LogP contribution is -2.40. The van der Waals surface area contributed by atoms with Gasteiger partial charge in [-0.25, -0.2) is 0 Å². The molecule has 0 radical (unpaired) electrons. The SMILES string of the molecule is CCn1ncc(Cl)c1C(C)(O)CC1CCCCN1. The Morgan fingerprint density at radius 3 is 3.00 bits per heavy atom. The third-order valence-corrected chi connectivity index (χ3v) is 3.94. The smallest absolute Gasteiger partial charge is 0.106 e. The van der Waals surface area contributed by atoms with E-state index < -0.39 is 5.60 Å². The molecule has 2 rings (SSSR count). The van der Waals surface area contributed by atoms with Crippen LogP contribution in [-0.4, -0.2) is 27.5 Å². The van der Waals surface area contributed by atoms with Gasteiger partial charge < -0.3 is 10.4 Å². The minimum absolute atomic E-state index is 0.366. The highest BCUT2D eigenvalue weighted by molar-refractivity contribution is 6.31. The van der Waals surface area contributed by atoms with E-state index in [2.05, 4.69) is 10.4 Å². The van der Waals surface area contributed by atoms with Crippen LogP contribution in [0.5, 0.6) is 0 Å². The highest BCUT2D eigenvalue weighted by Crippen LogP contribution is 2.33. The first-order valence-corrected chi connectivity index (χ1v) is 7.10. The van der Waals surface area contributed by atoms with Gasteiger partial charge in [-0.15, -0.1) is 0 Å². The number of halogens is 1. The second-order valence-electron chi connectivity index (χ2n) is 5.28. The van der Waals surface area contributed by atoms with E-state index in [0.29, 0.717) is 17.5 Å². The fourth-order valence-corrected chi connectivity index (χ4v) is 3.16. The standard InChI is InChI=1S/C13H22ClN3O/c1-3-17-12(11(14)9-16-17)13(2,18)8-10-6-4-5-7-15-10/h9-10,15,18H,3-8H2,1-2H3. The van der Waals surface area contributed by atoms with Crippen molar-refractivity contribution in [2.24, 2.45) is 0 Å². The van der Waals surface area contributed by atoms with E-state index in [4.69, 9.17) is 11.6 Å². The summed E-state index contributed by atoms with van der Waals surface area (Å²) in [6.07, 6.45) is 5.87. The molecule has 2 unspecified atom stereocenters. The Kier molecular flexibility index (Phi) is 4.30. The molecule has 0 aliphatic carbocycles. The normalized spacial score (nSPS) is 23.9. The van der Waals surface area contributed by atoms with Crippen molar-refractivity contribution < 1.29 is 5.11 Å². The van der Waals surface area contributed by atoms with Gasteiger partial charge in [0.1, 0.15) is 5.60 Å². The molecule has 5 heteroatoms. The average Bonchev–Trinajstić information content (AvgIpc) is 2.72. The minimum atomic E-state index is -0.932. The molecule has 2 atom stereocenters. The largest absolute Gasteiger partial charge is 0.384 e. The van der Waals surface area contributed by atoms with Crippen LogP contribution in [0.15, 0.2) is 6.20 Å². The van der Waals surface area contributed by atoms with Gasteiger partial charge in [0.25, 0.3) is 0 Å². The van der Waals surface area contributed by atoms with Crippen molar-refractivity contribution in [3.63, 3.8) is 0 Å². The summed E-state index contributed by atoms with van der Waals surface area (Å²) in [4.78, 5) is 0. The fourth-order valence-electron chi connectivity index (χ4n) is 2.81. The molecule has 1 fully saturated rings.